The maximum Gasteiger partial charge on any atom is 0.159 e. The number of hydrogen-bond donors (Lipinski definition) is 0. The van der Waals surface area contributed by atoms with Gasteiger partial charge in [0.05, 0.1) is 0 Å². The van der Waals surface area contributed by atoms with E-state index < -0.39 is 0 Å². The molecule has 0 aromatic rings. The van der Waals surface area contributed by atoms with Gasteiger partial charge in [-0.1, -0.05) is 17.7 Å². The molecule has 1 rings (SSSR count). The van der Waals surface area contributed by atoms with E-state index in [9.17, 15) is 9.59 Å². The first-order valence-electron chi connectivity index (χ1n) is 6.28. The summed E-state index contributed by atoms with van der Waals surface area (Å²) in [5.41, 5.74) is 3.29. The smallest absolute Gasteiger partial charge is 0.159 e. The number of hydrogen-bond acceptors (Lipinski definition) is 2. The van der Waals surface area contributed by atoms with E-state index in [1.165, 1.54) is 5.57 Å². The van der Waals surface area contributed by atoms with E-state index in [0.29, 0.717) is 12.8 Å². The fraction of sp³-hybridized carbons (Fsp3) is 0.600. The molecule has 1 aliphatic carbocycles. The van der Waals surface area contributed by atoms with Crippen molar-refractivity contribution >= 4 is 11.6 Å². The molecule has 17 heavy (non-hydrogen) atoms. The third-order valence-electron chi connectivity index (χ3n) is 3.57. The number of Topliss-reactive ketones (excluding diaryl/α,β-unsaturated/α-hetero) is 2. The van der Waals surface area contributed by atoms with Crippen LogP contribution < -0.4 is 0 Å². The Balaban J connectivity index is 2.67. The molecule has 94 valence electrons. The van der Waals surface area contributed by atoms with E-state index in [-0.39, 0.29) is 17.5 Å². The molecule has 0 fully saturated rings. The lowest BCUT2D eigenvalue weighted by Gasteiger charge is -2.17. The molecule has 0 unspecified atom stereocenters. The zero-order valence-electron chi connectivity index (χ0n) is 11.1. The minimum absolute atomic E-state index is 0.208. The Bertz CT molecular complexity index is 374. The third kappa shape index (κ3) is 3.95. The number of ketones is 2. The minimum atomic E-state index is 0.208. The van der Waals surface area contributed by atoms with E-state index >= 15 is 0 Å². The summed E-state index contributed by atoms with van der Waals surface area (Å²) in [6.07, 6.45) is 3.74. The minimum Gasteiger partial charge on any atom is -0.300 e. The first-order chi connectivity index (χ1) is 7.91. The molecule has 0 spiro atoms. The van der Waals surface area contributed by atoms with Crippen molar-refractivity contribution in [2.24, 2.45) is 5.92 Å². The van der Waals surface area contributed by atoms with Gasteiger partial charge in [-0.2, -0.15) is 0 Å². The average Bonchev–Trinajstić information content (AvgIpc) is 2.53. The van der Waals surface area contributed by atoms with E-state index in [2.05, 4.69) is 6.58 Å². The standard InChI is InChI=1S/C15H22O2/c1-10(2)13(7-6-12(4)16)9-14-11(3)5-8-15(14)17/h13H,1,5-9H2,2-4H3/t13-/m1/s1. The van der Waals surface area contributed by atoms with Gasteiger partial charge in [0.15, 0.2) is 5.78 Å². The van der Waals surface area contributed by atoms with Crippen molar-refractivity contribution in [1.82, 2.24) is 0 Å². The molecule has 0 radical (unpaired) electrons. The molecule has 2 nitrogen and oxygen atoms in total. The number of carbonyl (C=O) groups is 2. The molecule has 0 aliphatic heterocycles. The first kappa shape index (κ1) is 13.9. The van der Waals surface area contributed by atoms with Crippen LogP contribution in [0.2, 0.25) is 0 Å². The van der Waals surface area contributed by atoms with Gasteiger partial charge in [-0.15, -0.1) is 0 Å². The van der Waals surface area contributed by atoms with Gasteiger partial charge in [0.2, 0.25) is 0 Å². The van der Waals surface area contributed by atoms with Crippen LogP contribution in [0, 0.1) is 5.92 Å². The summed E-state index contributed by atoms with van der Waals surface area (Å²) in [5, 5.41) is 0. The molecule has 0 aromatic heterocycles. The van der Waals surface area contributed by atoms with Crippen LogP contribution in [0.3, 0.4) is 0 Å². The summed E-state index contributed by atoms with van der Waals surface area (Å²) in [6.45, 7) is 9.62. The van der Waals surface area contributed by atoms with Crippen molar-refractivity contribution in [2.45, 2.75) is 52.9 Å². The van der Waals surface area contributed by atoms with Crippen LogP contribution in [0.25, 0.3) is 0 Å². The number of rotatable bonds is 6. The van der Waals surface area contributed by atoms with Gasteiger partial charge in [-0.25, -0.2) is 0 Å². The second kappa shape index (κ2) is 5.95. The van der Waals surface area contributed by atoms with Gasteiger partial charge >= 0.3 is 0 Å². The molecule has 0 saturated heterocycles. The van der Waals surface area contributed by atoms with Crippen molar-refractivity contribution in [3.05, 3.63) is 23.3 Å². The third-order valence-corrected chi connectivity index (χ3v) is 3.57. The van der Waals surface area contributed by atoms with Crippen LogP contribution in [0.15, 0.2) is 23.3 Å². The van der Waals surface area contributed by atoms with Gasteiger partial charge in [0.25, 0.3) is 0 Å². The zero-order valence-corrected chi connectivity index (χ0v) is 11.1. The first-order valence-corrected chi connectivity index (χ1v) is 6.28. The molecule has 0 heterocycles. The summed E-state index contributed by atoms with van der Waals surface area (Å²) in [5.74, 6) is 0.766. The molecule has 2 heteroatoms. The maximum absolute atomic E-state index is 11.7. The Morgan fingerprint density at radius 3 is 2.41 bits per heavy atom. The Morgan fingerprint density at radius 2 is 2.00 bits per heavy atom. The van der Waals surface area contributed by atoms with Crippen molar-refractivity contribution < 1.29 is 9.59 Å². The highest BCUT2D eigenvalue weighted by atomic mass is 16.1. The molecule has 1 aliphatic rings. The summed E-state index contributed by atoms with van der Waals surface area (Å²) in [7, 11) is 0. The van der Waals surface area contributed by atoms with E-state index in [4.69, 9.17) is 0 Å². The lowest BCUT2D eigenvalue weighted by Crippen LogP contribution is -2.09. The average molecular weight is 234 g/mol. The molecule has 0 saturated carbocycles. The van der Waals surface area contributed by atoms with Crippen molar-refractivity contribution in [3.8, 4) is 0 Å². The molecular weight excluding hydrogens is 212 g/mol. The molecule has 0 aromatic carbocycles. The summed E-state index contributed by atoms with van der Waals surface area (Å²) in [6, 6.07) is 0. The number of allylic oxidation sites excluding steroid dienone is 3. The quantitative estimate of drug-likeness (QED) is 0.658. The van der Waals surface area contributed by atoms with Crippen LogP contribution in [0.5, 0.6) is 0 Å². The van der Waals surface area contributed by atoms with Crippen molar-refractivity contribution in [1.29, 1.82) is 0 Å². The predicted molar refractivity (Wildman–Crippen MR) is 69.8 cm³/mol. The Morgan fingerprint density at radius 1 is 1.35 bits per heavy atom. The highest BCUT2D eigenvalue weighted by Gasteiger charge is 2.23. The van der Waals surface area contributed by atoms with Crippen LogP contribution in [0.1, 0.15) is 52.9 Å². The van der Waals surface area contributed by atoms with E-state index in [0.717, 1.165) is 30.4 Å². The Labute approximate surface area is 104 Å². The zero-order chi connectivity index (χ0) is 13.0. The highest BCUT2D eigenvalue weighted by molar-refractivity contribution is 5.98. The fourth-order valence-corrected chi connectivity index (χ4v) is 2.28. The van der Waals surface area contributed by atoms with Gasteiger partial charge < -0.3 is 4.79 Å². The molecule has 0 bridgehead atoms. The van der Waals surface area contributed by atoms with Gasteiger partial charge in [-0.3, -0.25) is 4.79 Å². The summed E-state index contributed by atoms with van der Waals surface area (Å²) < 4.78 is 0. The largest absolute Gasteiger partial charge is 0.300 e. The van der Waals surface area contributed by atoms with E-state index in [1.54, 1.807) is 6.92 Å². The second-order valence-corrected chi connectivity index (χ2v) is 5.17. The second-order valence-electron chi connectivity index (χ2n) is 5.17. The monoisotopic (exact) mass is 234 g/mol. The molecule has 0 N–H and O–H groups in total. The normalized spacial score (nSPS) is 17.5. The van der Waals surface area contributed by atoms with Crippen molar-refractivity contribution in [2.75, 3.05) is 0 Å². The van der Waals surface area contributed by atoms with Gasteiger partial charge in [-0.05, 0) is 51.5 Å². The van der Waals surface area contributed by atoms with Gasteiger partial charge in [0, 0.05) is 12.8 Å². The Kier molecular flexibility index (Phi) is 4.86. The molecular formula is C15H22O2. The predicted octanol–water partition coefficient (Wildman–Crippen LogP) is 3.62. The topological polar surface area (TPSA) is 34.1 Å². The fourth-order valence-electron chi connectivity index (χ4n) is 2.28. The lowest BCUT2D eigenvalue weighted by atomic mass is 9.87. The molecule has 1 atom stereocenters. The highest BCUT2D eigenvalue weighted by Crippen LogP contribution is 2.31. The van der Waals surface area contributed by atoms with Gasteiger partial charge in [0.1, 0.15) is 5.78 Å². The van der Waals surface area contributed by atoms with Crippen LogP contribution in [-0.4, -0.2) is 11.6 Å². The molecule has 0 amide bonds. The van der Waals surface area contributed by atoms with Crippen LogP contribution in [0.4, 0.5) is 0 Å². The summed E-state index contributed by atoms with van der Waals surface area (Å²) in [4.78, 5) is 22.8. The SMILES string of the molecule is C=C(C)[C@H](CCC(C)=O)CC1=C(C)CCC1=O. The summed E-state index contributed by atoms with van der Waals surface area (Å²) >= 11 is 0. The Hall–Kier alpha value is -1.18. The van der Waals surface area contributed by atoms with Crippen molar-refractivity contribution in [3.63, 3.8) is 0 Å². The van der Waals surface area contributed by atoms with Crippen LogP contribution in [-0.2, 0) is 9.59 Å². The lowest BCUT2D eigenvalue weighted by molar-refractivity contribution is -0.117. The van der Waals surface area contributed by atoms with Crippen LogP contribution >= 0.6 is 0 Å². The maximum atomic E-state index is 11.7. The number of carbonyl (C=O) groups excluding carboxylic acids is 2. The van der Waals surface area contributed by atoms with E-state index in [1.807, 2.05) is 13.8 Å².